The number of nitrogens with one attached hydrogen (secondary N) is 3. The van der Waals surface area contributed by atoms with Gasteiger partial charge in [0.15, 0.2) is 18.1 Å². The molecule has 35 heavy (non-hydrogen) atoms. The third-order valence-corrected chi connectivity index (χ3v) is 4.74. The van der Waals surface area contributed by atoms with Crippen molar-refractivity contribution in [3.05, 3.63) is 83.4 Å². The highest BCUT2D eigenvalue weighted by Gasteiger charge is 2.13. The van der Waals surface area contributed by atoms with E-state index >= 15 is 0 Å². The van der Waals surface area contributed by atoms with E-state index in [-0.39, 0.29) is 12.5 Å². The maximum Gasteiger partial charge on any atom is 0.329 e. The van der Waals surface area contributed by atoms with Gasteiger partial charge in [0.05, 0.1) is 13.3 Å². The van der Waals surface area contributed by atoms with Crippen molar-refractivity contribution in [3.63, 3.8) is 0 Å². The molecule has 0 saturated heterocycles. The molecule has 0 atom stereocenters. The minimum atomic E-state index is -0.909. The van der Waals surface area contributed by atoms with Crippen LogP contribution >= 0.6 is 0 Å². The first-order chi connectivity index (χ1) is 16.8. The lowest BCUT2D eigenvalue weighted by atomic mass is 10.2. The van der Waals surface area contributed by atoms with Crippen molar-refractivity contribution in [1.29, 1.82) is 0 Å². The van der Waals surface area contributed by atoms with Gasteiger partial charge in [0, 0.05) is 11.4 Å². The minimum absolute atomic E-state index is 0.204. The normalized spacial score (nSPS) is 10.5. The summed E-state index contributed by atoms with van der Waals surface area (Å²) >= 11 is 0. The van der Waals surface area contributed by atoms with Crippen molar-refractivity contribution < 1.29 is 23.9 Å². The fourth-order valence-electron chi connectivity index (χ4n) is 2.99. The monoisotopic (exact) mass is 474 g/mol. The Kier molecular flexibility index (Phi) is 8.55. The molecular formula is C26H26N4O5. The summed E-state index contributed by atoms with van der Waals surface area (Å²) in [6, 6.07) is 19.4. The van der Waals surface area contributed by atoms with Crippen molar-refractivity contribution in [3.8, 4) is 11.5 Å². The second kappa shape index (κ2) is 12.0. The summed E-state index contributed by atoms with van der Waals surface area (Å²) in [7, 11) is 1.47. The van der Waals surface area contributed by atoms with E-state index in [1.54, 1.807) is 36.4 Å². The third-order valence-electron chi connectivity index (χ3n) is 4.74. The number of carbonyl (C=O) groups excluding carboxylic acids is 3. The van der Waals surface area contributed by atoms with Gasteiger partial charge in [0.25, 0.3) is 5.91 Å². The van der Waals surface area contributed by atoms with Crippen LogP contribution in [-0.2, 0) is 14.4 Å². The topological polar surface area (TPSA) is 118 Å². The molecule has 0 aliphatic heterocycles. The highest BCUT2D eigenvalue weighted by molar-refractivity contribution is 6.39. The Morgan fingerprint density at radius 1 is 0.829 bits per heavy atom. The van der Waals surface area contributed by atoms with E-state index in [4.69, 9.17) is 9.47 Å². The van der Waals surface area contributed by atoms with Gasteiger partial charge in [0.2, 0.25) is 0 Å². The van der Waals surface area contributed by atoms with Gasteiger partial charge in [-0.2, -0.15) is 5.10 Å². The maximum atomic E-state index is 12.2. The Balaban J connectivity index is 1.52. The third kappa shape index (κ3) is 7.71. The Morgan fingerprint density at radius 2 is 1.60 bits per heavy atom. The number of ether oxygens (including phenoxy) is 2. The number of hydrazone groups is 1. The average molecular weight is 475 g/mol. The van der Waals surface area contributed by atoms with Crippen LogP contribution in [0.4, 0.5) is 11.4 Å². The van der Waals surface area contributed by atoms with Crippen LogP contribution in [0.15, 0.2) is 71.8 Å². The van der Waals surface area contributed by atoms with Gasteiger partial charge in [-0.05, 0) is 67.4 Å². The van der Waals surface area contributed by atoms with Crippen molar-refractivity contribution in [2.24, 2.45) is 5.10 Å². The van der Waals surface area contributed by atoms with Crippen molar-refractivity contribution in [2.45, 2.75) is 13.8 Å². The zero-order valence-electron chi connectivity index (χ0n) is 19.6. The van der Waals surface area contributed by atoms with Crippen LogP contribution in [0.2, 0.25) is 0 Å². The molecule has 0 unspecified atom stereocenters. The number of nitrogens with zero attached hydrogens (tertiary/aromatic N) is 1. The van der Waals surface area contributed by atoms with Gasteiger partial charge in [-0.1, -0.05) is 29.8 Å². The molecule has 0 fully saturated rings. The molecule has 0 spiro atoms. The quantitative estimate of drug-likeness (QED) is 0.263. The van der Waals surface area contributed by atoms with Gasteiger partial charge < -0.3 is 20.1 Å². The molecule has 9 heteroatoms. The van der Waals surface area contributed by atoms with Crippen molar-refractivity contribution >= 4 is 35.3 Å². The highest BCUT2D eigenvalue weighted by atomic mass is 16.5. The Hall–Kier alpha value is -4.66. The molecule has 180 valence electrons. The second-order valence-corrected chi connectivity index (χ2v) is 7.64. The molecule has 3 N–H and O–H groups in total. The molecule has 0 bridgehead atoms. The number of carbonyl (C=O) groups is 3. The zero-order valence-corrected chi connectivity index (χ0v) is 19.6. The van der Waals surface area contributed by atoms with E-state index in [1.165, 1.54) is 13.3 Å². The summed E-state index contributed by atoms with van der Waals surface area (Å²) < 4.78 is 10.9. The van der Waals surface area contributed by atoms with E-state index in [0.717, 1.165) is 11.1 Å². The predicted molar refractivity (Wildman–Crippen MR) is 134 cm³/mol. The standard InChI is InChI=1S/C26H26N4O5/c1-17-7-10-20(11-8-17)29-25(32)26(33)30-27-15-19-9-12-22(23(14-19)34-3)35-16-24(31)28-21-6-4-5-18(2)13-21/h4-15H,16H2,1-3H3,(H,28,31)(H,29,32)(H,30,33)/b27-15-. The van der Waals surface area contributed by atoms with E-state index < -0.39 is 11.8 Å². The molecule has 9 nitrogen and oxygen atoms in total. The number of anilines is 2. The van der Waals surface area contributed by atoms with Gasteiger partial charge in [-0.15, -0.1) is 0 Å². The molecule has 3 amide bonds. The maximum absolute atomic E-state index is 12.2. The Morgan fingerprint density at radius 3 is 2.31 bits per heavy atom. The fraction of sp³-hybridized carbons (Fsp3) is 0.154. The molecule has 3 aromatic rings. The summed E-state index contributed by atoms with van der Waals surface area (Å²) in [5, 5.41) is 9.06. The van der Waals surface area contributed by atoms with E-state index in [9.17, 15) is 14.4 Å². The van der Waals surface area contributed by atoms with E-state index in [0.29, 0.717) is 28.4 Å². The van der Waals surface area contributed by atoms with Crippen LogP contribution in [0.3, 0.4) is 0 Å². The minimum Gasteiger partial charge on any atom is -0.493 e. The first kappa shape index (κ1) is 25.0. The van der Waals surface area contributed by atoms with Crippen LogP contribution in [0.1, 0.15) is 16.7 Å². The summed E-state index contributed by atoms with van der Waals surface area (Å²) in [5.41, 5.74) is 6.02. The molecule has 0 aromatic heterocycles. The van der Waals surface area contributed by atoms with Gasteiger partial charge in [-0.3, -0.25) is 14.4 Å². The molecule has 3 rings (SSSR count). The first-order valence-corrected chi connectivity index (χ1v) is 10.7. The SMILES string of the molecule is COc1cc(/C=N\NC(=O)C(=O)Nc2ccc(C)cc2)ccc1OCC(=O)Nc1cccc(C)c1. The summed E-state index contributed by atoms with van der Waals surface area (Å²) in [6.45, 7) is 3.65. The summed E-state index contributed by atoms with van der Waals surface area (Å²) in [6.07, 6.45) is 1.35. The van der Waals surface area contributed by atoms with Gasteiger partial charge in [0.1, 0.15) is 0 Å². The van der Waals surface area contributed by atoms with Crippen LogP contribution < -0.4 is 25.5 Å². The number of aryl methyl sites for hydroxylation is 2. The van der Waals surface area contributed by atoms with Gasteiger partial charge in [-0.25, -0.2) is 5.43 Å². The zero-order chi connectivity index (χ0) is 25.2. The lowest BCUT2D eigenvalue weighted by Crippen LogP contribution is -2.32. The Labute approximate surface area is 203 Å². The lowest BCUT2D eigenvalue weighted by Gasteiger charge is -2.11. The number of benzene rings is 3. The molecular weight excluding hydrogens is 448 g/mol. The predicted octanol–water partition coefficient (Wildman–Crippen LogP) is 3.42. The average Bonchev–Trinajstić information content (AvgIpc) is 2.84. The van der Waals surface area contributed by atoms with Crippen LogP contribution in [-0.4, -0.2) is 37.7 Å². The largest absolute Gasteiger partial charge is 0.493 e. The van der Waals surface area contributed by atoms with Crippen LogP contribution in [0.5, 0.6) is 11.5 Å². The van der Waals surface area contributed by atoms with Gasteiger partial charge >= 0.3 is 11.8 Å². The number of hydrogen-bond donors (Lipinski definition) is 3. The number of amides is 3. The number of methoxy groups -OCH3 is 1. The summed E-state index contributed by atoms with van der Waals surface area (Å²) in [5.74, 6) is -1.31. The molecule has 0 aliphatic carbocycles. The smallest absolute Gasteiger partial charge is 0.329 e. The van der Waals surface area contributed by atoms with E-state index in [2.05, 4.69) is 21.2 Å². The summed E-state index contributed by atoms with van der Waals surface area (Å²) in [4.78, 5) is 36.1. The lowest BCUT2D eigenvalue weighted by molar-refractivity contribution is -0.136. The fourth-order valence-corrected chi connectivity index (χ4v) is 2.99. The molecule has 0 heterocycles. The molecule has 0 saturated carbocycles. The highest BCUT2D eigenvalue weighted by Crippen LogP contribution is 2.27. The Bertz CT molecular complexity index is 1240. The molecule has 3 aromatic carbocycles. The second-order valence-electron chi connectivity index (χ2n) is 7.64. The van der Waals surface area contributed by atoms with Crippen molar-refractivity contribution in [1.82, 2.24) is 5.43 Å². The molecule has 0 aliphatic rings. The molecule has 0 radical (unpaired) electrons. The van der Waals surface area contributed by atoms with Crippen molar-refractivity contribution in [2.75, 3.05) is 24.4 Å². The number of hydrogen-bond acceptors (Lipinski definition) is 6. The van der Waals surface area contributed by atoms with Crippen LogP contribution in [0, 0.1) is 13.8 Å². The van der Waals surface area contributed by atoms with Crippen LogP contribution in [0.25, 0.3) is 0 Å². The number of rotatable bonds is 8. The first-order valence-electron chi connectivity index (χ1n) is 10.7. The van der Waals surface area contributed by atoms with E-state index in [1.807, 2.05) is 44.2 Å².